The number of halogens is 1. The maximum absolute atomic E-state index is 12.6. The number of carbonyl (C=O) groups is 1. The summed E-state index contributed by atoms with van der Waals surface area (Å²) in [6.45, 7) is 5.90. The van der Waals surface area contributed by atoms with Gasteiger partial charge in [0.15, 0.2) is 10.8 Å². The number of nitrogens with two attached hydrogens (primary N) is 1. The number of rotatable bonds is 3. The molecule has 0 aliphatic carbocycles. The number of ether oxygens (including phenoxy) is 1. The second-order valence-corrected chi connectivity index (χ2v) is 7.64. The van der Waals surface area contributed by atoms with E-state index in [9.17, 15) is 4.79 Å². The van der Waals surface area contributed by atoms with Crippen molar-refractivity contribution < 1.29 is 9.53 Å². The Balaban J connectivity index is 1.91. The van der Waals surface area contributed by atoms with Crippen molar-refractivity contribution in [2.45, 2.75) is 44.9 Å². The fourth-order valence-corrected chi connectivity index (χ4v) is 3.33. The second-order valence-electron chi connectivity index (χ2n) is 7.29. The van der Waals surface area contributed by atoms with E-state index < -0.39 is 11.7 Å². The van der Waals surface area contributed by atoms with Crippen molar-refractivity contribution in [3.63, 3.8) is 0 Å². The predicted molar refractivity (Wildman–Crippen MR) is 99.1 cm³/mol. The Hall–Kier alpha value is -2.78. The van der Waals surface area contributed by atoms with Crippen LogP contribution in [0.15, 0.2) is 11.4 Å². The zero-order chi connectivity index (χ0) is 19.8. The highest BCUT2D eigenvalue weighted by molar-refractivity contribution is 6.33. The summed E-state index contributed by atoms with van der Waals surface area (Å²) < 4.78 is 7.30. The zero-order valence-corrected chi connectivity index (χ0v) is 16.0. The van der Waals surface area contributed by atoms with Crippen molar-refractivity contribution in [3.8, 4) is 0 Å². The Labute approximate surface area is 160 Å². The van der Waals surface area contributed by atoms with Crippen LogP contribution in [-0.4, -0.2) is 55.2 Å². The van der Waals surface area contributed by atoms with E-state index in [0.717, 1.165) is 0 Å². The minimum Gasteiger partial charge on any atom is -0.444 e. The second kappa shape index (κ2) is 7.09. The van der Waals surface area contributed by atoms with Gasteiger partial charge in [-0.15, -0.1) is 0 Å². The Morgan fingerprint density at radius 3 is 2.93 bits per heavy atom. The molecule has 3 rings (SSSR count). The number of amides is 1. The van der Waals surface area contributed by atoms with Crippen LogP contribution in [0.1, 0.15) is 33.2 Å². The lowest BCUT2D eigenvalue weighted by Gasteiger charge is -2.27. The number of carbonyl (C=O) groups excluding carboxylic acids is 1. The molecule has 0 radical (unpaired) electrons. The van der Waals surface area contributed by atoms with Gasteiger partial charge in [0, 0.05) is 24.0 Å². The number of nitrogen functional groups attached to an aromatic ring is 1. The average molecular weight is 394 g/mol. The molecule has 0 spiro atoms. The molecule has 3 heterocycles. The summed E-state index contributed by atoms with van der Waals surface area (Å²) in [5.41, 5.74) is 14.7. The number of anilines is 1. The van der Waals surface area contributed by atoms with E-state index in [2.05, 4.69) is 25.0 Å². The maximum Gasteiger partial charge on any atom is 0.410 e. The Bertz CT molecular complexity index is 916. The normalized spacial score (nSPS) is 19.9. The number of likely N-dealkylation sites (tertiary alicyclic amines) is 1. The highest BCUT2D eigenvalue weighted by Gasteiger charge is 2.38. The van der Waals surface area contributed by atoms with Crippen molar-refractivity contribution in [3.05, 3.63) is 21.9 Å². The van der Waals surface area contributed by atoms with E-state index in [1.165, 1.54) is 0 Å². The van der Waals surface area contributed by atoms with Gasteiger partial charge in [0.25, 0.3) is 0 Å². The molecular weight excluding hydrogens is 374 g/mol. The van der Waals surface area contributed by atoms with E-state index in [1.54, 1.807) is 32.0 Å². The van der Waals surface area contributed by atoms with Gasteiger partial charge in [0.2, 0.25) is 5.95 Å². The topological polar surface area (TPSA) is 148 Å². The van der Waals surface area contributed by atoms with Gasteiger partial charge in [-0.2, -0.15) is 9.97 Å². The van der Waals surface area contributed by atoms with Crippen molar-refractivity contribution in [2.24, 2.45) is 5.11 Å². The van der Waals surface area contributed by atoms with Gasteiger partial charge in [0.1, 0.15) is 11.1 Å². The first kappa shape index (κ1) is 19.0. The molecule has 1 amide bonds. The summed E-state index contributed by atoms with van der Waals surface area (Å²) in [6, 6.07) is -0.445. The third-order valence-electron chi connectivity index (χ3n) is 4.17. The molecule has 0 saturated carbocycles. The quantitative estimate of drug-likeness (QED) is 0.366. The molecule has 144 valence electrons. The molecule has 2 aromatic heterocycles. The molecule has 1 aliphatic rings. The minimum atomic E-state index is -0.630. The number of nitrogens with zero attached hydrogens (tertiary/aromatic N) is 8. The summed E-state index contributed by atoms with van der Waals surface area (Å²) in [4.78, 5) is 29.3. The first-order valence-corrected chi connectivity index (χ1v) is 8.73. The van der Waals surface area contributed by atoms with Crippen molar-refractivity contribution in [2.75, 3.05) is 18.8 Å². The lowest BCUT2D eigenvalue weighted by molar-refractivity contribution is 0.0228. The van der Waals surface area contributed by atoms with E-state index in [4.69, 9.17) is 27.6 Å². The van der Waals surface area contributed by atoms with Gasteiger partial charge in [-0.3, -0.25) is 0 Å². The molecule has 1 saturated heterocycles. The van der Waals surface area contributed by atoms with Crippen LogP contribution in [-0.2, 0) is 4.74 Å². The fourth-order valence-electron chi connectivity index (χ4n) is 3.11. The zero-order valence-electron chi connectivity index (χ0n) is 15.2. The molecule has 12 heteroatoms. The SMILES string of the molecule is CC(C)(C)OC(=O)N1C[C@@H](n2cnc3c(Cl)nc(N)nc32)C[C@@H]1CN=[N+]=[N-]. The first-order valence-electron chi connectivity index (χ1n) is 8.35. The van der Waals surface area contributed by atoms with Crippen LogP contribution >= 0.6 is 11.6 Å². The van der Waals surface area contributed by atoms with Gasteiger partial charge >= 0.3 is 6.09 Å². The van der Waals surface area contributed by atoms with Gasteiger partial charge < -0.3 is 19.9 Å². The highest BCUT2D eigenvalue weighted by atomic mass is 35.5. The number of fused-ring (bicyclic) bond motifs is 1. The summed E-state index contributed by atoms with van der Waals surface area (Å²) in [5.74, 6) is 0.0434. The molecule has 0 bridgehead atoms. The monoisotopic (exact) mass is 393 g/mol. The molecule has 0 unspecified atom stereocenters. The summed E-state index contributed by atoms with van der Waals surface area (Å²) in [7, 11) is 0. The summed E-state index contributed by atoms with van der Waals surface area (Å²) in [5, 5.41) is 3.80. The van der Waals surface area contributed by atoms with Crippen molar-refractivity contribution in [1.29, 1.82) is 0 Å². The molecule has 27 heavy (non-hydrogen) atoms. The molecule has 1 fully saturated rings. The van der Waals surface area contributed by atoms with E-state index in [1.807, 2.05) is 4.57 Å². The fraction of sp³-hybridized carbons (Fsp3) is 0.600. The number of imidazole rings is 1. The number of hydrogen-bond donors (Lipinski definition) is 1. The number of aromatic nitrogens is 4. The predicted octanol–water partition coefficient (Wildman–Crippen LogP) is 2.92. The van der Waals surface area contributed by atoms with Gasteiger partial charge in [0.05, 0.1) is 12.4 Å². The van der Waals surface area contributed by atoms with Gasteiger partial charge in [-0.05, 0) is 32.7 Å². The smallest absolute Gasteiger partial charge is 0.410 e. The van der Waals surface area contributed by atoms with Crippen molar-refractivity contribution >= 4 is 34.8 Å². The third-order valence-corrected chi connectivity index (χ3v) is 4.43. The molecule has 1 aliphatic heterocycles. The molecule has 2 atom stereocenters. The van der Waals surface area contributed by atoms with Crippen LogP contribution in [0.3, 0.4) is 0 Å². The van der Waals surface area contributed by atoms with Crippen LogP contribution in [0, 0.1) is 0 Å². The standard InChI is InChI=1S/C15H20ClN9O2/c1-15(2,3)27-14(26)24-6-9(4-8(24)5-20-23-18)25-7-19-10-11(16)21-13(17)22-12(10)25/h7-9H,4-6H2,1-3H3,(H2,17,21,22)/t8-,9+/m1/s1. The van der Waals surface area contributed by atoms with Gasteiger partial charge in [-0.25, -0.2) is 9.78 Å². The van der Waals surface area contributed by atoms with Gasteiger partial charge in [-0.1, -0.05) is 16.7 Å². The molecule has 11 nitrogen and oxygen atoms in total. The highest BCUT2D eigenvalue weighted by Crippen LogP contribution is 2.32. The van der Waals surface area contributed by atoms with Crippen LogP contribution in [0.25, 0.3) is 21.6 Å². The summed E-state index contributed by atoms with van der Waals surface area (Å²) in [6.07, 6.45) is 1.68. The first-order chi connectivity index (χ1) is 12.7. The van der Waals surface area contributed by atoms with Crippen LogP contribution < -0.4 is 5.73 Å². The van der Waals surface area contributed by atoms with E-state index >= 15 is 0 Å². The largest absolute Gasteiger partial charge is 0.444 e. The minimum absolute atomic E-state index is 0.0434. The number of hydrogen-bond acceptors (Lipinski definition) is 7. The van der Waals surface area contributed by atoms with Crippen molar-refractivity contribution in [1.82, 2.24) is 24.4 Å². The van der Waals surface area contributed by atoms with E-state index in [0.29, 0.717) is 24.1 Å². The third kappa shape index (κ3) is 3.99. The Morgan fingerprint density at radius 1 is 1.52 bits per heavy atom. The number of azide groups is 1. The summed E-state index contributed by atoms with van der Waals surface area (Å²) >= 11 is 6.08. The van der Waals surface area contributed by atoms with Crippen LogP contribution in [0.2, 0.25) is 5.15 Å². The molecule has 2 N–H and O–H groups in total. The molecule has 2 aromatic rings. The lowest BCUT2D eigenvalue weighted by Crippen LogP contribution is -2.41. The Morgan fingerprint density at radius 2 is 2.26 bits per heavy atom. The Kier molecular flexibility index (Phi) is 4.99. The van der Waals surface area contributed by atoms with Crippen LogP contribution in [0.4, 0.5) is 10.7 Å². The maximum atomic E-state index is 12.6. The molecule has 0 aromatic carbocycles. The van der Waals surface area contributed by atoms with E-state index in [-0.39, 0.29) is 29.7 Å². The lowest BCUT2D eigenvalue weighted by atomic mass is 10.1. The van der Waals surface area contributed by atoms with Crippen LogP contribution in [0.5, 0.6) is 0 Å². The molecular formula is C15H20ClN9O2. The average Bonchev–Trinajstić information content (AvgIpc) is 3.15.